The Morgan fingerprint density at radius 3 is 2.45 bits per heavy atom. The first-order chi connectivity index (χ1) is 15.9. The standard InChI is InChI=1S/C25H22N2O5S/c1-4-31-24(30)21-15(2)26-25-27(22(21)18-8-6-5-7-9-18)23(29)20(33-25)14-17-10-12-19(13-11-17)32-16(3)28/h5-14,22H,4H2,1-3H3/b20-14-/t22-/m1/s1. The van der Waals surface area contributed by atoms with Crippen LogP contribution in [0.3, 0.4) is 0 Å². The number of benzene rings is 2. The summed E-state index contributed by atoms with van der Waals surface area (Å²) in [5.74, 6) is -0.451. The Labute approximate surface area is 193 Å². The Hall–Kier alpha value is -3.78. The second kappa shape index (κ2) is 9.38. The van der Waals surface area contributed by atoms with Gasteiger partial charge >= 0.3 is 11.9 Å². The highest BCUT2D eigenvalue weighted by molar-refractivity contribution is 7.07. The highest BCUT2D eigenvalue weighted by Gasteiger charge is 2.33. The van der Waals surface area contributed by atoms with Gasteiger partial charge in [-0.25, -0.2) is 9.79 Å². The third-order valence-corrected chi connectivity index (χ3v) is 6.05. The zero-order valence-electron chi connectivity index (χ0n) is 18.4. The maximum Gasteiger partial charge on any atom is 0.338 e. The van der Waals surface area contributed by atoms with Crippen molar-refractivity contribution in [3.63, 3.8) is 0 Å². The minimum atomic E-state index is -0.630. The van der Waals surface area contributed by atoms with Crippen molar-refractivity contribution >= 4 is 29.4 Å². The van der Waals surface area contributed by atoms with Gasteiger partial charge < -0.3 is 9.47 Å². The number of thiazole rings is 1. The van der Waals surface area contributed by atoms with Gasteiger partial charge in [-0.2, -0.15) is 0 Å². The Bertz CT molecular complexity index is 1420. The first-order valence-corrected chi connectivity index (χ1v) is 11.2. The Morgan fingerprint density at radius 2 is 1.82 bits per heavy atom. The molecule has 7 nitrogen and oxygen atoms in total. The first kappa shape index (κ1) is 22.4. The molecule has 33 heavy (non-hydrogen) atoms. The lowest BCUT2D eigenvalue weighted by molar-refractivity contribution is -0.139. The minimum absolute atomic E-state index is 0.227. The monoisotopic (exact) mass is 462 g/mol. The van der Waals surface area contributed by atoms with Crippen molar-refractivity contribution < 1.29 is 19.1 Å². The topological polar surface area (TPSA) is 87.0 Å². The fourth-order valence-corrected chi connectivity index (χ4v) is 4.74. The van der Waals surface area contributed by atoms with Gasteiger partial charge in [-0.05, 0) is 43.2 Å². The molecule has 0 radical (unpaired) electrons. The van der Waals surface area contributed by atoms with Crippen LogP contribution in [0.4, 0.5) is 0 Å². The zero-order valence-corrected chi connectivity index (χ0v) is 19.2. The predicted molar refractivity (Wildman–Crippen MR) is 125 cm³/mol. The van der Waals surface area contributed by atoms with Gasteiger partial charge in [-0.1, -0.05) is 53.8 Å². The number of rotatable bonds is 5. The first-order valence-electron chi connectivity index (χ1n) is 10.4. The minimum Gasteiger partial charge on any atom is -0.463 e. The third-order valence-electron chi connectivity index (χ3n) is 5.07. The van der Waals surface area contributed by atoms with E-state index in [9.17, 15) is 14.4 Å². The molecule has 0 aliphatic carbocycles. The van der Waals surface area contributed by atoms with Gasteiger partial charge in [-0.15, -0.1) is 0 Å². The van der Waals surface area contributed by atoms with Crippen LogP contribution in [-0.4, -0.2) is 23.1 Å². The summed E-state index contributed by atoms with van der Waals surface area (Å²) >= 11 is 1.26. The number of carbonyl (C=O) groups excluding carboxylic acids is 2. The Kier molecular flexibility index (Phi) is 6.37. The van der Waals surface area contributed by atoms with Crippen LogP contribution in [0.2, 0.25) is 0 Å². The molecular weight excluding hydrogens is 440 g/mol. The molecule has 1 aliphatic rings. The van der Waals surface area contributed by atoms with E-state index in [1.165, 1.54) is 18.3 Å². The number of carbonyl (C=O) groups is 2. The number of ether oxygens (including phenoxy) is 2. The molecule has 168 valence electrons. The molecule has 1 atom stereocenters. The van der Waals surface area contributed by atoms with Gasteiger partial charge in [0, 0.05) is 6.92 Å². The van der Waals surface area contributed by atoms with E-state index in [0.717, 1.165) is 11.1 Å². The van der Waals surface area contributed by atoms with Crippen molar-refractivity contribution in [3.05, 3.63) is 96.7 Å². The predicted octanol–water partition coefficient (Wildman–Crippen LogP) is 2.72. The highest BCUT2D eigenvalue weighted by Crippen LogP contribution is 2.30. The maximum absolute atomic E-state index is 13.5. The van der Waals surface area contributed by atoms with Crippen LogP contribution in [0.25, 0.3) is 6.08 Å². The van der Waals surface area contributed by atoms with Crippen molar-refractivity contribution in [2.24, 2.45) is 4.99 Å². The molecule has 8 heteroatoms. The largest absolute Gasteiger partial charge is 0.463 e. The SMILES string of the molecule is CCOC(=O)C1=C(C)N=c2s/c(=C\c3ccc(OC(C)=O)cc3)c(=O)n2[C@@H]1c1ccccc1. The van der Waals surface area contributed by atoms with Gasteiger partial charge in [0.25, 0.3) is 5.56 Å². The van der Waals surface area contributed by atoms with Crippen LogP contribution < -0.4 is 19.6 Å². The average molecular weight is 463 g/mol. The lowest BCUT2D eigenvalue weighted by Gasteiger charge is -2.24. The highest BCUT2D eigenvalue weighted by atomic mass is 32.1. The van der Waals surface area contributed by atoms with E-state index in [0.29, 0.717) is 26.4 Å². The third kappa shape index (κ3) is 4.56. The molecule has 4 rings (SSSR count). The molecule has 1 aromatic heterocycles. The zero-order chi connectivity index (χ0) is 23.5. The quantitative estimate of drug-likeness (QED) is 0.430. The molecule has 0 unspecified atom stereocenters. The molecule has 0 saturated heterocycles. The van der Waals surface area contributed by atoms with E-state index < -0.39 is 18.0 Å². The fraction of sp³-hybridized carbons (Fsp3) is 0.200. The van der Waals surface area contributed by atoms with Crippen LogP contribution >= 0.6 is 11.3 Å². The molecule has 3 aromatic rings. The molecule has 2 aromatic carbocycles. The number of aromatic nitrogens is 1. The van der Waals surface area contributed by atoms with E-state index in [2.05, 4.69) is 4.99 Å². The Morgan fingerprint density at radius 1 is 1.12 bits per heavy atom. The average Bonchev–Trinajstić information content (AvgIpc) is 3.09. The van der Waals surface area contributed by atoms with Gasteiger partial charge in [0.2, 0.25) is 0 Å². The molecule has 0 spiro atoms. The Balaban J connectivity index is 1.85. The molecule has 0 amide bonds. The lowest BCUT2D eigenvalue weighted by atomic mass is 9.96. The summed E-state index contributed by atoms with van der Waals surface area (Å²) in [6.07, 6.45) is 1.76. The number of hydrogen-bond acceptors (Lipinski definition) is 7. The second-order valence-corrected chi connectivity index (χ2v) is 8.38. The van der Waals surface area contributed by atoms with Gasteiger partial charge in [0.15, 0.2) is 4.80 Å². The number of hydrogen-bond donors (Lipinski definition) is 0. The van der Waals surface area contributed by atoms with Gasteiger partial charge in [-0.3, -0.25) is 14.2 Å². The van der Waals surface area contributed by atoms with Gasteiger partial charge in [0.05, 0.1) is 28.5 Å². The normalized spacial score (nSPS) is 15.6. The molecule has 0 fully saturated rings. The number of fused-ring (bicyclic) bond motifs is 1. The van der Waals surface area contributed by atoms with E-state index in [4.69, 9.17) is 9.47 Å². The smallest absolute Gasteiger partial charge is 0.338 e. The molecule has 2 heterocycles. The summed E-state index contributed by atoms with van der Waals surface area (Å²) in [5.41, 5.74) is 2.21. The van der Waals surface area contributed by atoms with Crippen LogP contribution in [0.5, 0.6) is 5.75 Å². The maximum atomic E-state index is 13.5. The van der Waals surface area contributed by atoms with Crippen LogP contribution in [0, 0.1) is 0 Å². The molecule has 0 bridgehead atoms. The van der Waals surface area contributed by atoms with Gasteiger partial charge in [0.1, 0.15) is 5.75 Å². The molecule has 1 aliphatic heterocycles. The summed E-state index contributed by atoms with van der Waals surface area (Å²) in [5, 5.41) is 0. The van der Waals surface area contributed by atoms with Crippen LogP contribution in [0.15, 0.2) is 75.7 Å². The molecule has 0 N–H and O–H groups in total. The summed E-state index contributed by atoms with van der Waals surface area (Å²) in [6, 6.07) is 15.6. The molecule has 0 saturated carbocycles. The van der Waals surface area contributed by atoms with Crippen molar-refractivity contribution in [2.45, 2.75) is 26.8 Å². The van der Waals surface area contributed by atoms with Crippen LogP contribution in [-0.2, 0) is 14.3 Å². The van der Waals surface area contributed by atoms with E-state index in [1.807, 2.05) is 30.3 Å². The summed E-state index contributed by atoms with van der Waals surface area (Å²) in [6.45, 7) is 5.07. The van der Waals surface area contributed by atoms with E-state index in [1.54, 1.807) is 48.8 Å². The van der Waals surface area contributed by atoms with Crippen LogP contribution in [0.1, 0.15) is 37.9 Å². The summed E-state index contributed by atoms with van der Waals surface area (Å²) in [4.78, 5) is 42.5. The molecular formula is C25H22N2O5S. The number of esters is 2. The van der Waals surface area contributed by atoms with Crippen molar-refractivity contribution in [2.75, 3.05) is 6.61 Å². The lowest BCUT2D eigenvalue weighted by Crippen LogP contribution is -2.39. The van der Waals surface area contributed by atoms with Crippen molar-refractivity contribution in [1.29, 1.82) is 0 Å². The second-order valence-electron chi connectivity index (χ2n) is 7.38. The fourth-order valence-electron chi connectivity index (χ4n) is 3.69. The van der Waals surface area contributed by atoms with E-state index in [-0.39, 0.29) is 12.2 Å². The number of nitrogens with zero attached hydrogens (tertiary/aromatic N) is 2. The van der Waals surface area contributed by atoms with Crippen molar-refractivity contribution in [3.8, 4) is 5.75 Å². The summed E-state index contributed by atoms with van der Waals surface area (Å²) < 4.78 is 12.4. The summed E-state index contributed by atoms with van der Waals surface area (Å²) in [7, 11) is 0. The number of allylic oxidation sites excluding steroid dienone is 1. The van der Waals surface area contributed by atoms with Crippen molar-refractivity contribution in [1.82, 2.24) is 4.57 Å². The van der Waals surface area contributed by atoms with E-state index >= 15 is 0 Å².